The van der Waals surface area contributed by atoms with Crippen molar-refractivity contribution in [3.8, 4) is 17.1 Å². The number of nitrogens with zero attached hydrogens (tertiary/aromatic N) is 2. The monoisotopic (exact) mass is 316 g/mol. The molecular formula is C17H24N4O2. The Kier molecular flexibility index (Phi) is 6.17. The number of benzene rings is 1. The molecule has 0 aliphatic carbocycles. The lowest BCUT2D eigenvalue weighted by Crippen LogP contribution is -2.50. The minimum Gasteiger partial charge on any atom is -0.448 e. The normalized spacial score (nSPS) is 12.2. The van der Waals surface area contributed by atoms with Gasteiger partial charge < -0.3 is 10.1 Å². The fourth-order valence-electron chi connectivity index (χ4n) is 2.35. The highest BCUT2D eigenvalue weighted by Gasteiger charge is 2.26. The van der Waals surface area contributed by atoms with Gasteiger partial charge in [-0.2, -0.15) is 0 Å². The maximum Gasteiger partial charge on any atom is 0.276 e. The number of carbonyl (C=O) groups excluding carboxylic acids is 1. The highest BCUT2D eigenvalue weighted by atomic mass is 16.5. The van der Waals surface area contributed by atoms with Crippen LogP contribution in [0.4, 0.5) is 0 Å². The van der Waals surface area contributed by atoms with Crippen LogP contribution in [0.5, 0.6) is 5.88 Å². The molecule has 1 heterocycles. The number of hydrogen-bond donors (Lipinski definition) is 2. The molecule has 2 N–H and O–H groups in total. The molecule has 23 heavy (non-hydrogen) atoms. The van der Waals surface area contributed by atoms with Crippen LogP contribution in [-0.2, 0) is 4.79 Å². The van der Waals surface area contributed by atoms with Crippen LogP contribution in [0.15, 0.2) is 36.4 Å². The lowest BCUT2D eigenvalue weighted by Gasteiger charge is -2.27. The van der Waals surface area contributed by atoms with Gasteiger partial charge in [-0.15, -0.1) is 5.10 Å². The SMILES string of the molecule is CCNC(=O)C(Oc1cc(-c2ccccc2)[nH]n1)N(CC)CC. The van der Waals surface area contributed by atoms with Gasteiger partial charge in [0.2, 0.25) is 12.1 Å². The molecular weight excluding hydrogens is 292 g/mol. The molecule has 0 saturated heterocycles. The summed E-state index contributed by atoms with van der Waals surface area (Å²) >= 11 is 0. The second-order valence-electron chi connectivity index (χ2n) is 5.07. The predicted octanol–water partition coefficient (Wildman–Crippen LogP) is 2.26. The van der Waals surface area contributed by atoms with Gasteiger partial charge in [-0.3, -0.25) is 14.8 Å². The number of rotatable bonds is 8. The van der Waals surface area contributed by atoms with Crippen LogP contribution in [-0.4, -0.2) is 46.9 Å². The zero-order valence-electron chi connectivity index (χ0n) is 13.9. The molecule has 0 spiro atoms. The Morgan fingerprint density at radius 3 is 2.57 bits per heavy atom. The topological polar surface area (TPSA) is 70.2 Å². The quantitative estimate of drug-likeness (QED) is 0.733. The van der Waals surface area contributed by atoms with E-state index in [1.165, 1.54) is 0 Å². The highest BCUT2D eigenvalue weighted by Crippen LogP contribution is 2.21. The number of likely N-dealkylation sites (N-methyl/N-ethyl adjacent to an activating group) is 2. The van der Waals surface area contributed by atoms with E-state index < -0.39 is 6.23 Å². The fraction of sp³-hybridized carbons (Fsp3) is 0.412. The molecule has 2 rings (SSSR count). The molecule has 1 unspecified atom stereocenters. The summed E-state index contributed by atoms with van der Waals surface area (Å²) in [6.45, 7) is 7.88. The minimum absolute atomic E-state index is 0.152. The number of amides is 1. The third-order valence-electron chi connectivity index (χ3n) is 3.59. The average Bonchev–Trinajstić information content (AvgIpc) is 3.05. The van der Waals surface area contributed by atoms with E-state index in [1.807, 2.05) is 62.1 Å². The van der Waals surface area contributed by atoms with E-state index in [2.05, 4.69) is 15.5 Å². The Morgan fingerprint density at radius 2 is 1.96 bits per heavy atom. The van der Waals surface area contributed by atoms with Crippen LogP contribution in [0, 0.1) is 0 Å². The van der Waals surface area contributed by atoms with Crippen molar-refractivity contribution in [1.82, 2.24) is 20.4 Å². The Bertz CT molecular complexity index is 608. The molecule has 0 radical (unpaired) electrons. The minimum atomic E-state index is -0.683. The first-order valence-corrected chi connectivity index (χ1v) is 7.98. The van der Waals surface area contributed by atoms with Crippen LogP contribution in [0.2, 0.25) is 0 Å². The van der Waals surface area contributed by atoms with Gasteiger partial charge in [0.15, 0.2) is 0 Å². The fourth-order valence-corrected chi connectivity index (χ4v) is 2.35. The smallest absolute Gasteiger partial charge is 0.276 e. The van der Waals surface area contributed by atoms with Crippen LogP contribution < -0.4 is 10.1 Å². The Labute approximate surface area is 136 Å². The molecule has 6 heteroatoms. The van der Waals surface area contributed by atoms with Gasteiger partial charge in [0.05, 0.1) is 5.69 Å². The van der Waals surface area contributed by atoms with Crippen molar-refractivity contribution in [1.29, 1.82) is 0 Å². The van der Waals surface area contributed by atoms with Crippen molar-refractivity contribution in [3.63, 3.8) is 0 Å². The molecule has 1 atom stereocenters. The standard InChI is InChI=1S/C17H24N4O2/c1-4-18-16(22)17(21(5-2)6-3)23-15-12-14(19-20-15)13-10-8-7-9-11-13/h7-12,17H,4-6H2,1-3H3,(H,18,22)(H,19,20). The van der Waals surface area contributed by atoms with E-state index in [0.717, 1.165) is 11.3 Å². The summed E-state index contributed by atoms with van der Waals surface area (Å²) in [6, 6.07) is 11.7. The highest BCUT2D eigenvalue weighted by molar-refractivity contribution is 5.80. The number of H-pyrrole nitrogens is 1. The average molecular weight is 316 g/mol. The number of hydrogen-bond acceptors (Lipinski definition) is 4. The first-order chi connectivity index (χ1) is 11.2. The number of aromatic amines is 1. The lowest BCUT2D eigenvalue weighted by molar-refractivity contribution is -0.136. The summed E-state index contributed by atoms with van der Waals surface area (Å²) in [5, 5.41) is 9.93. The molecule has 0 fully saturated rings. The van der Waals surface area contributed by atoms with E-state index in [1.54, 1.807) is 0 Å². The third kappa shape index (κ3) is 4.32. The van der Waals surface area contributed by atoms with Crippen molar-refractivity contribution in [2.75, 3.05) is 19.6 Å². The van der Waals surface area contributed by atoms with Crippen molar-refractivity contribution < 1.29 is 9.53 Å². The second kappa shape index (κ2) is 8.33. The molecule has 0 aliphatic heterocycles. The van der Waals surface area contributed by atoms with E-state index in [-0.39, 0.29) is 5.91 Å². The largest absolute Gasteiger partial charge is 0.448 e. The zero-order valence-corrected chi connectivity index (χ0v) is 13.9. The van der Waals surface area contributed by atoms with E-state index >= 15 is 0 Å². The maximum absolute atomic E-state index is 12.3. The maximum atomic E-state index is 12.3. The summed E-state index contributed by atoms with van der Waals surface area (Å²) < 4.78 is 5.85. The van der Waals surface area contributed by atoms with Crippen molar-refractivity contribution in [2.24, 2.45) is 0 Å². The van der Waals surface area contributed by atoms with Gasteiger partial charge in [-0.1, -0.05) is 44.2 Å². The zero-order chi connectivity index (χ0) is 16.7. The van der Waals surface area contributed by atoms with E-state index in [0.29, 0.717) is 25.5 Å². The molecule has 0 saturated carbocycles. The molecule has 6 nitrogen and oxygen atoms in total. The van der Waals surface area contributed by atoms with Crippen LogP contribution in [0.3, 0.4) is 0 Å². The molecule has 0 bridgehead atoms. The Morgan fingerprint density at radius 1 is 1.26 bits per heavy atom. The van der Waals surface area contributed by atoms with Gasteiger partial charge in [-0.05, 0) is 25.6 Å². The molecule has 0 aliphatic rings. The summed E-state index contributed by atoms with van der Waals surface area (Å²) in [5.74, 6) is 0.257. The molecule has 1 amide bonds. The van der Waals surface area contributed by atoms with Gasteiger partial charge in [-0.25, -0.2) is 0 Å². The number of aromatic nitrogens is 2. The summed E-state index contributed by atoms with van der Waals surface area (Å²) in [7, 11) is 0. The van der Waals surface area contributed by atoms with Crippen LogP contribution in [0.25, 0.3) is 11.3 Å². The first kappa shape index (κ1) is 17.0. The predicted molar refractivity (Wildman–Crippen MR) is 90.0 cm³/mol. The van der Waals surface area contributed by atoms with Gasteiger partial charge in [0.25, 0.3) is 5.91 Å². The Hall–Kier alpha value is -2.34. The third-order valence-corrected chi connectivity index (χ3v) is 3.59. The van der Waals surface area contributed by atoms with Crippen molar-refractivity contribution in [3.05, 3.63) is 36.4 Å². The summed E-state index contributed by atoms with van der Waals surface area (Å²) in [5.41, 5.74) is 1.88. The lowest BCUT2D eigenvalue weighted by atomic mass is 10.2. The molecule has 2 aromatic rings. The number of nitrogens with one attached hydrogen (secondary N) is 2. The van der Waals surface area contributed by atoms with E-state index in [4.69, 9.17) is 4.74 Å². The molecule has 1 aromatic heterocycles. The number of ether oxygens (including phenoxy) is 1. The van der Waals surface area contributed by atoms with Crippen LogP contribution >= 0.6 is 0 Å². The Balaban J connectivity index is 2.16. The van der Waals surface area contributed by atoms with Crippen molar-refractivity contribution in [2.45, 2.75) is 27.0 Å². The summed E-state index contributed by atoms with van der Waals surface area (Å²) in [6.07, 6.45) is -0.683. The summed E-state index contributed by atoms with van der Waals surface area (Å²) in [4.78, 5) is 14.2. The van der Waals surface area contributed by atoms with Crippen LogP contribution in [0.1, 0.15) is 20.8 Å². The second-order valence-corrected chi connectivity index (χ2v) is 5.07. The van der Waals surface area contributed by atoms with E-state index in [9.17, 15) is 4.79 Å². The first-order valence-electron chi connectivity index (χ1n) is 7.98. The van der Waals surface area contributed by atoms with Gasteiger partial charge >= 0.3 is 0 Å². The van der Waals surface area contributed by atoms with Gasteiger partial charge in [0, 0.05) is 12.6 Å². The molecule has 1 aromatic carbocycles. The van der Waals surface area contributed by atoms with Gasteiger partial charge in [0.1, 0.15) is 0 Å². The van der Waals surface area contributed by atoms with Crippen molar-refractivity contribution >= 4 is 5.91 Å². The molecule has 124 valence electrons. The number of carbonyl (C=O) groups is 1.